The van der Waals surface area contributed by atoms with E-state index < -0.39 is 18.0 Å². The lowest BCUT2D eigenvalue weighted by atomic mass is 9.81. The monoisotopic (exact) mass is 394 g/mol. The van der Waals surface area contributed by atoms with Gasteiger partial charge in [-0.05, 0) is 36.3 Å². The van der Waals surface area contributed by atoms with Crippen molar-refractivity contribution >= 4 is 23.5 Å². The van der Waals surface area contributed by atoms with Crippen LogP contribution in [-0.4, -0.2) is 26.8 Å². The van der Waals surface area contributed by atoms with E-state index >= 15 is 0 Å². The SMILES string of the molecule is CSc1ccc(C2C3=C(CC(C)CC3=O)Nc3nc(C(F)(F)F)nn32)cc1. The molecule has 1 N–H and O–H groups in total. The second-order valence-electron chi connectivity index (χ2n) is 6.83. The van der Waals surface area contributed by atoms with Gasteiger partial charge in [-0.15, -0.1) is 16.9 Å². The Bertz CT molecular complexity index is 933. The summed E-state index contributed by atoms with van der Waals surface area (Å²) in [7, 11) is 0. The smallest absolute Gasteiger partial charge is 0.328 e. The first-order valence-corrected chi connectivity index (χ1v) is 9.71. The highest BCUT2D eigenvalue weighted by molar-refractivity contribution is 7.98. The standard InChI is InChI=1S/C18H17F3N4OS/c1-9-7-12-14(13(26)8-9)15(10-3-5-11(27-2)6-4-10)25-17(22-12)23-16(24-25)18(19,20)21/h3-6,9,15H,7-8H2,1-2H3,(H,22,23,24). The Morgan fingerprint density at radius 3 is 2.56 bits per heavy atom. The van der Waals surface area contributed by atoms with Crippen LogP contribution in [0.25, 0.3) is 0 Å². The number of nitrogens with one attached hydrogen (secondary N) is 1. The Labute approximate surface area is 158 Å². The van der Waals surface area contributed by atoms with Crippen molar-refractivity contribution in [2.45, 2.75) is 36.9 Å². The molecular weight excluding hydrogens is 377 g/mol. The topological polar surface area (TPSA) is 59.8 Å². The number of ketones is 1. The maximum Gasteiger partial charge on any atom is 0.453 e. The number of fused-ring (bicyclic) bond motifs is 1. The van der Waals surface area contributed by atoms with E-state index in [1.165, 1.54) is 4.68 Å². The Morgan fingerprint density at radius 2 is 1.93 bits per heavy atom. The van der Waals surface area contributed by atoms with Crippen molar-refractivity contribution in [3.05, 3.63) is 46.9 Å². The minimum Gasteiger partial charge on any atom is -0.328 e. The lowest BCUT2D eigenvalue weighted by molar-refractivity contribution is -0.145. The number of anilines is 1. The number of carbonyl (C=O) groups excluding carboxylic acids is 1. The Balaban J connectivity index is 1.88. The normalized spacial score (nSPS) is 22.3. The summed E-state index contributed by atoms with van der Waals surface area (Å²) in [6.45, 7) is 1.95. The number of halogens is 3. The predicted octanol–water partition coefficient (Wildman–Crippen LogP) is 4.29. The number of thioether (sulfide) groups is 1. The van der Waals surface area contributed by atoms with Gasteiger partial charge >= 0.3 is 6.18 Å². The molecule has 9 heteroatoms. The molecule has 1 aliphatic heterocycles. The van der Waals surface area contributed by atoms with Gasteiger partial charge in [0.2, 0.25) is 5.95 Å². The number of alkyl halides is 3. The van der Waals surface area contributed by atoms with Gasteiger partial charge in [-0.3, -0.25) is 4.79 Å². The maximum atomic E-state index is 13.2. The summed E-state index contributed by atoms with van der Waals surface area (Å²) in [4.78, 5) is 17.4. The lowest BCUT2D eigenvalue weighted by Gasteiger charge is -2.34. The van der Waals surface area contributed by atoms with Gasteiger partial charge in [0.25, 0.3) is 5.82 Å². The van der Waals surface area contributed by atoms with E-state index in [4.69, 9.17) is 0 Å². The average Bonchev–Trinajstić information content (AvgIpc) is 3.04. The first kappa shape index (κ1) is 18.1. The predicted molar refractivity (Wildman–Crippen MR) is 95.4 cm³/mol. The summed E-state index contributed by atoms with van der Waals surface area (Å²) in [5, 5.41) is 6.61. The van der Waals surface area contributed by atoms with Crippen LogP contribution in [0.2, 0.25) is 0 Å². The van der Waals surface area contributed by atoms with Crippen LogP contribution in [0, 0.1) is 5.92 Å². The molecule has 2 atom stereocenters. The van der Waals surface area contributed by atoms with Crippen molar-refractivity contribution in [3.63, 3.8) is 0 Å². The lowest BCUT2D eigenvalue weighted by Crippen LogP contribution is -2.33. The van der Waals surface area contributed by atoms with Crippen LogP contribution in [0.5, 0.6) is 0 Å². The van der Waals surface area contributed by atoms with Gasteiger partial charge in [-0.2, -0.15) is 18.2 Å². The van der Waals surface area contributed by atoms with Gasteiger partial charge in [0.1, 0.15) is 6.04 Å². The maximum absolute atomic E-state index is 13.2. The van der Waals surface area contributed by atoms with Crippen LogP contribution in [0.4, 0.5) is 19.1 Å². The fourth-order valence-electron chi connectivity index (χ4n) is 3.62. The molecular formula is C18H17F3N4OS. The molecule has 1 aromatic carbocycles. The van der Waals surface area contributed by atoms with Crippen LogP contribution >= 0.6 is 11.8 Å². The van der Waals surface area contributed by atoms with Gasteiger partial charge in [0.15, 0.2) is 5.78 Å². The minimum absolute atomic E-state index is 0.0157. The summed E-state index contributed by atoms with van der Waals surface area (Å²) in [6, 6.07) is 6.72. The van der Waals surface area contributed by atoms with E-state index in [1.54, 1.807) is 11.8 Å². The Kier molecular flexibility index (Phi) is 4.29. The number of hydrogen-bond acceptors (Lipinski definition) is 5. The number of carbonyl (C=O) groups is 1. The zero-order chi connectivity index (χ0) is 19.3. The molecule has 2 aromatic rings. The number of nitrogens with zero attached hydrogens (tertiary/aromatic N) is 3. The van der Waals surface area contributed by atoms with Gasteiger partial charge in [-0.1, -0.05) is 19.1 Å². The summed E-state index contributed by atoms with van der Waals surface area (Å²) in [5.74, 6) is -1.14. The number of rotatable bonds is 2. The molecule has 0 radical (unpaired) electrons. The van der Waals surface area contributed by atoms with Crippen molar-refractivity contribution in [1.29, 1.82) is 0 Å². The summed E-state index contributed by atoms with van der Waals surface area (Å²) in [5.41, 5.74) is 1.84. The van der Waals surface area contributed by atoms with Crippen molar-refractivity contribution in [2.75, 3.05) is 11.6 Å². The zero-order valence-corrected chi connectivity index (χ0v) is 15.5. The highest BCUT2D eigenvalue weighted by Crippen LogP contribution is 2.42. The third kappa shape index (κ3) is 3.13. The van der Waals surface area contributed by atoms with E-state index in [2.05, 4.69) is 15.4 Å². The number of allylic oxidation sites excluding steroid dienone is 2. The molecule has 5 nitrogen and oxygen atoms in total. The number of aromatic nitrogens is 3. The molecule has 142 valence electrons. The van der Waals surface area contributed by atoms with Gasteiger partial charge in [0, 0.05) is 22.6 Å². The Morgan fingerprint density at radius 1 is 1.22 bits per heavy atom. The molecule has 2 aliphatic rings. The highest BCUT2D eigenvalue weighted by atomic mass is 32.2. The van der Waals surface area contributed by atoms with Gasteiger partial charge in [0.05, 0.1) is 0 Å². The van der Waals surface area contributed by atoms with Crippen LogP contribution in [-0.2, 0) is 11.0 Å². The number of benzene rings is 1. The molecule has 0 amide bonds. The van der Waals surface area contributed by atoms with Gasteiger partial charge in [-0.25, -0.2) is 4.68 Å². The third-order valence-electron chi connectivity index (χ3n) is 4.81. The molecule has 4 rings (SSSR count). The van der Waals surface area contributed by atoms with E-state index in [9.17, 15) is 18.0 Å². The molecule has 1 aromatic heterocycles. The van der Waals surface area contributed by atoms with E-state index in [1.807, 2.05) is 37.4 Å². The fourth-order valence-corrected chi connectivity index (χ4v) is 4.03. The van der Waals surface area contributed by atoms with E-state index in [0.717, 1.165) is 4.90 Å². The number of Topliss-reactive ketones (excluding diaryl/α,β-unsaturated/α-hetero) is 1. The minimum atomic E-state index is -4.66. The fraction of sp³-hybridized carbons (Fsp3) is 0.389. The summed E-state index contributed by atoms with van der Waals surface area (Å²) >= 11 is 1.57. The summed E-state index contributed by atoms with van der Waals surface area (Å²) < 4.78 is 40.7. The summed E-state index contributed by atoms with van der Waals surface area (Å²) in [6.07, 6.45) is -1.75. The van der Waals surface area contributed by atoms with Crippen LogP contribution in [0.3, 0.4) is 0 Å². The van der Waals surface area contributed by atoms with Crippen molar-refractivity contribution in [3.8, 4) is 0 Å². The van der Waals surface area contributed by atoms with Crippen LogP contribution in [0.15, 0.2) is 40.4 Å². The quantitative estimate of drug-likeness (QED) is 0.770. The second-order valence-corrected chi connectivity index (χ2v) is 7.71. The van der Waals surface area contributed by atoms with E-state index in [0.29, 0.717) is 29.7 Å². The van der Waals surface area contributed by atoms with Crippen molar-refractivity contribution in [1.82, 2.24) is 14.8 Å². The molecule has 0 spiro atoms. The second kappa shape index (κ2) is 6.40. The molecule has 2 unspecified atom stereocenters. The van der Waals surface area contributed by atoms with E-state index in [-0.39, 0.29) is 17.6 Å². The molecule has 0 fully saturated rings. The third-order valence-corrected chi connectivity index (χ3v) is 5.55. The van der Waals surface area contributed by atoms with Crippen LogP contribution < -0.4 is 5.32 Å². The van der Waals surface area contributed by atoms with Crippen molar-refractivity contribution < 1.29 is 18.0 Å². The first-order valence-electron chi connectivity index (χ1n) is 8.49. The molecule has 27 heavy (non-hydrogen) atoms. The van der Waals surface area contributed by atoms with Crippen molar-refractivity contribution in [2.24, 2.45) is 5.92 Å². The highest BCUT2D eigenvalue weighted by Gasteiger charge is 2.42. The van der Waals surface area contributed by atoms with Gasteiger partial charge < -0.3 is 5.32 Å². The van der Waals surface area contributed by atoms with Crippen LogP contribution in [0.1, 0.15) is 37.2 Å². The Hall–Kier alpha value is -2.29. The zero-order valence-electron chi connectivity index (χ0n) is 14.7. The molecule has 0 bridgehead atoms. The molecule has 0 saturated heterocycles. The number of hydrogen-bond donors (Lipinski definition) is 1. The average molecular weight is 394 g/mol. The molecule has 0 saturated carbocycles. The first-order chi connectivity index (χ1) is 12.8. The molecule has 2 heterocycles. The molecule has 1 aliphatic carbocycles. The largest absolute Gasteiger partial charge is 0.453 e.